The van der Waals surface area contributed by atoms with E-state index >= 15 is 0 Å². The second-order valence-electron chi connectivity index (χ2n) is 8.25. The Labute approximate surface area is 192 Å². The van der Waals surface area contributed by atoms with Crippen molar-refractivity contribution in [2.24, 2.45) is 0 Å². The summed E-state index contributed by atoms with van der Waals surface area (Å²) in [5, 5.41) is 67.4. The van der Waals surface area contributed by atoms with Gasteiger partial charge in [0.15, 0.2) is 0 Å². The van der Waals surface area contributed by atoms with Crippen molar-refractivity contribution in [3.05, 3.63) is 72.8 Å². The van der Waals surface area contributed by atoms with Gasteiger partial charge in [0.1, 0.15) is 34.5 Å². The minimum absolute atomic E-state index is 0.154. The number of phenols is 6. The molecule has 0 amide bonds. The van der Waals surface area contributed by atoms with Crippen molar-refractivity contribution in [1.82, 2.24) is 0 Å². The van der Waals surface area contributed by atoms with Crippen molar-refractivity contribution in [1.29, 1.82) is 0 Å². The molecule has 6 N–H and O–H groups in total. The van der Waals surface area contributed by atoms with Crippen LogP contribution in [-0.4, -0.2) is 30.6 Å². The molecule has 0 atom stereocenters. The SMILES string of the molecule is Oc1cccc2c(-c3c4cccc(O)c4c(O)c4c(O)cccc34)c3cccc(O)c3c(O)c12. The standard InChI is InChI=1S/C28H18O6/c29-17-9-1-5-13-21(14-6-2-10-18(30)24(14)27(33)23(13)17)22-15-7-3-11-19(31)25(15)28(34)26-16(22)8-4-12-20(26)32/h1-12,29-34H. The first kappa shape index (κ1) is 19.8. The van der Waals surface area contributed by atoms with Crippen LogP contribution in [0.4, 0.5) is 0 Å². The molecule has 0 unspecified atom stereocenters. The molecule has 0 saturated heterocycles. The first-order chi connectivity index (χ1) is 16.4. The number of hydrogen-bond donors (Lipinski definition) is 6. The molecule has 0 radical (unpaired) electrons. The van der Waals surface area contributed by atoms with Gasteiger partial charge >= 0.3 is 0 Å². The van der Waals surface area contributed by atoms with Crippen molar-refractivity contribution in [3.8, 4) is 45.6 Å². The van der Waals surface area contributed by atoms with Crippen LogP contribution >= 0.6 is 0 Å². The highest BCUT2D eigenvalue weighted by atomic mass is 16.3. The van der Waals surface area contributed by atoms with Gasteiger partial charge in [-0.25, -0.2) is 0 Å². The highest BCUT2D eigenvalue weighted by Gasteiger charge is 2.25. The number of phenolic OH excluding ortho intramolecular Hbond substituents is 6. The number of rotatable bonds is 1. The highest BCUT2D eigenvalue weighted by molar-refractivity contribution is 6.28. The summed E-state index contributed by atoms with van der Waals surface area (Å²) in [5.74, 6) is -1.19. The van der Waals surface area contributed by atoms with E-state index in [2.05, 4.69) is 0 Å². The zero-order valence-electron chi connectivity index (χ0n) is 17.6. The summed E-state index contributed by atoms with van der Waals surface area (Å²) in [7, 11) is 0. The lowest BCUT2D eigenvalue weighted by molar-refractivity contribution is 0.458. The van der Waals surface area contributed by atoms with Crippen LogP contribution in [0.3, 0.4) is 0 Å². The maximum Gasteiger partial charge on any atom is 0.138 e. The number of aromatic hydroxyl groups is 6. The quantitative estimate of drug-likeness (QED) is 0.166. The summed E-state index contributed by atoms with van der Waals surface area (Å²) in [4.78, 5) is 0. The molecule has 0 aliphatic carbocycles. The lowest BCUT2D eigenvalue weighted by atomic mass is 9.85. The Kier molecular flexibility index (Phi) is 3.98. The smallest absolute Gasteiger partial charge is 0.138 e. The molecule has 0 spiro atoms. The van der Waals surface area contributed by atoms with Crippen LogP contribution in [-0.2, 0) is 0 Å². The molecule has 166 valence electrons. The third-order valence-electron chi connectivity index (χ3n) is 6.44. The van der Waals surface area contributed by atoms with Gasteiger partial charge in [-0.05, 0) is 56.9 Å². The Morgan fingerprint density at radius 3 is 0.794 bits per heavy atom. The summed E-state index contributed by atoms with van der Waals surface area (Å²) in [6.45, 7) is 0. The Hall–Kier alpha value is -4.84. The predicted molar refractivity (Wildman–Crippen MR) is 132 cm³/mol. The van der Waals surface area contributed by atoms with Crippen molar-refractivity contribution in [3.63, 3.8) is 0 Å². The van der Waals surface area contributed by atoms with E-state index in [-0.39, 0.29) is 56.0 Å². The van der Waals surface area contributed by atoms with Crippen molar-refractivity contribution in [2.75, 3.05) is 0 Å². The highest BCUT2D eigenvalue weighted by Crippen LogP contribution is 2.54. The van der Waals surface area contributed by atoms with Crippen LogP contribution in [0.25, 0.3) is 54.2 Å². The summed E-state index contributed by atoms with van der Waals surface area (Å²) < 4.78 is 0. The van der Waals surface area contributed by atoms with E-state index in [1.807, 2.05) is 0 Å². The van der Waals surface area contributed by atoms with Gasteiger partial charge < -0.3 is 30.6 Å². The van der Waals surface area contributed by atoms with Crippen LogP contribution in [0, 0.1) is 0 Å². The Bertz CT molecular complexity index is 1560. The van der Waals surface area contributed by atoms with Gasteiger partial charge in [0.05, 0.1) is 21.5 Å². The monoisotopic (exact) mass is 450 g/mol. The molecule has 0 aromatic heterocycles. The molecule has 0 saturated carbocycles. The predicted octanol–water partition coefficient (Wildman–Crippen LogP) is 6.20. The molecule has 0 aliphatic rings. The Morgan fingerprint density at radius 2 is 0.559 bits per heavy atom. The van der Waals surface area contributed by atoms with E-state index in [4.69, 9.17) is 0 Å². The molecule has 0 bridgehead atoms. The summed E-state index contributed by atoms with van der Waals surface area (Å²) in [5.41, 5.74) is 1.11. The summed E-state index contributed by atoms with van der Waals surface area (Å²) in [6, 6.07) is 19.3. The second-order valence-corrected chi connectivity index (χ2v) is 8.25. The molecular formula is C28H18O6. The minimum Gasteiger partial charge on any atom is -0.507 e. The Morgan fingerprint density at radius 1 is 0.324 bits per heavy atom. The molecule has 6 rings (SSSR count). The third-order valence-corrected chi connectivity index (χ3v) is 6.44. The van der Waals surface area contributed by atoms with Gasteiger partial charge in [-0.15, -0.1) is 0 Å². The molecule has 6 aromatic carbocycles. The van der Waals surface area contributed by atoms with E-state index in [9.17, 15) is 30.6 Å². The molecule has 6 aromatic rings. The second kappa shape index (κ2) is 6.83. The zero-order chi connectivity index (χ0) is 23.7. The fraction of sp³-hybridized carbons (Fsp3) is 0. The van der Waals surface area contributed by atoms with Gasteiger partial charge in [0.25, 0.3) is 0 Å². The first-order valence-electron chi connectivity index (χ1n) is 10.6. The topological polar surface area (TPSA) is 121 Å². The van der Waals surface area contributed by atoms with Gasteiger partial charge in [-0.3, -0.25) is 0 Å². The zero-order valence-corrected chi connectivity index (χ0v) is 17.6. The maximum atomic E-state index is 11.1. The summed E-state index contributed by atoms with van der Waals surface area (Å²) in [6.07, 6.45) is 0. The fourth-order valence-corrected chi connectivity index (χ4v) is 5.07. The summed E-state index contributed by atoms with van der Waals surface area (Å²) >= 11 is 0. The van der Waals surface area contributed by atoms with E-state index < -0.39 is 0 Å². The Balaban J connectivity index is 2.02. The molecule has 0 heterocycles. The number of fused-ring (bicyclic) bond motifs is 4. The molecule has 0 fully saturated rings. The minimum atomic E-state index is -0.261. The van der Waals surface area contributed by atoms with Crippen LogP contribution in [0.15, 0.2) is 72.8 Å². The van der Waals surface area contributed by atoms with Gasteiger partial charge in [0, 0.05) is 0 Å². The largest absolute Gasteiger partial charge is 0.507 e. The molecule has 6 nitrogen and oxygen atoms in total. The van der Waals surface area contributed by atoms with E-state index in [1.54, 1.807) is 48.5 Å². The molecular weight excluding hydrogens is 432 g/mol. The number of hydrogen-bond acceptors (Lipinski definition) is 6. The average molecular weight is 450 g/mol. The average Bonchev–Trinajstić information content (AvgIpc) is 2.80. The van der Waals surface area contributed by atoms with Crippen LogP contribution in [0.2, 0.25) is 0 Å². The van der Waals surface area contributed by atoms with Crippen molar-refractivity contribution in [2.45, 2.75) is 0 Å². The van der Waals surface area contributed by atoms with Crippen LogP contribution < -0.4 is 0 Å². The van der Waals surface area contributed by atoms with E-state index in [0.29, 0.717) is 32.7 Å². The van der Waals surface area contributed by atoms with E-state index in [0.717, 1.165) is 0 Å². The molecule has 0 aliphatic heterocycles. The molecule has 34 heavy (non-hydrogen) atoms. The number of benzene rings is 6. The lowest BCUT2D eigenvalue weighted by Crippen LogP contribution is -1.92. The van der Waals surface area contributed by atoms with Gasteiger partial charge in [0.2, 0.25) is 0 Å². The van der Waals surface area contributed by atoms with Crippen molar-refractivity contribution < 1.29 is 30.6 Å². The lowest BCUT2D eigenvalue weighted by Gasteiger charge is -2.20. The van der Waals surface area contributed by atoms with Crippen LogP contribution in [0.5, 0.6) is 34.5 Å². The molecule has 6 heteroatoms. The third kappa shape index (κ3) is 2.45. The van der Waals surface area contributed by atoms with Crippen molar-refractivity contribution >= 4 is 43.1 Å². The first-order valence-corrected chi connectivity index (χ1v) is 10.6. The normalized spacial score (nSPS) is 11.6. The van der Waals surface area contributed by atoms with Gasteiger partial charge in [-0.2, -0.15) is 0 Å². The van der Waals surface area contributed by atoms with Gasteiger partial charge in [-0.1, -0.05) is 48.5 Å². The fourth-order valence-electron chi connectivity index (χ4n) is 5.07. The van der Waals surface area contributed by atoms with E-state index in [1.165, 1.54) is 24.3 Å². The maximum absolute atomic E-state index is 11.1. The van der Waals surface area contributed by atoms with Crippen LogP contribution in [0.1, 0.15) is 0 Å².